The van der Waals surface area contributed by atoms with Crippen molar-refractivity contribution in [2.24, 2.45) is 0 Å². The van der Waals surface area contributed by atoms with Crippen LogP contribution in [0.4, 0.5) is 5.82 Å². The van der Waals surface area contributed by atoms with Crippen molar-refractivity contribution in [2.45, 2.75) is 45.2 Å². The van der Waals surface area contributed by atoms with Crippen LogP contribution in [0.25, 0.3) is 0 Å². The van der Waals surface area contributed by atoms with Crippen molar-refractivity contribution >= 4 is 29.5 Å². The molecule has 1 unspecified atom stereocenters. The van der Waals surface area contributed by atoms with Crippen LogP contribution in [0.3, 0.4) is 0 Å². The number of nitrogens with zero attached hydrogens (tertiary/aromatic N) is 3. The number of carbonyl (C=O) groups is 2. The Kier molecular flexibility index (Phi) is 5.76. The Bertz CT molecular complexity index is 617. The Morgan fingerprint density at radius 1 is 1.50 bits per heavy atom. The molecule has 0 saturated carbocycles. The molecule has 0 radical (unpaired) electrons. The molecule has 1 atom stereocenters. The Hall–Kier alpha value is -1.74. The van der Waals surface area contributed by atoms with Gasteiger partial charge in [0.2, 0.25) is 5.91 Å². The first kappa shape index (κ1) is 18.6. The molecule has 1 saturated heterocycles. The number of hydrogen-bond donors (Lipinski definition) is 1. The van der Waals surface area contributed by atoms with Gasteiger partial charge >= 0.3 is 5.97 Å². The first-order valence-corrected chi connectivity index (χ1v) is 8.68. The van der Waals surface area contributed by atoms with Gasteiger partial charge in [-0.3, -0.25) is 9.63 Å². The lowest BCUT2D eigenvalue weighted by atomic mass is 10.2. The van der Waals surface area contributed by atoms with Gasteiger partial charge in [-0.15, -0.1) is 11.8 Å². The molecule has 1 amide bonds. The number of amides is 1. The highest BCUT2D eigenvalue weighted by molar-refractivity contribution is 8.00. The van der Waals surface area contributed by atoms with Crippen LogP contribution in [-0.4, -0.2) is 56.7 Å². The van der Waals surface area contributed by atoms with Crippen LogP contribution in [0, 0.1) is 6.92 Å². The highest BCUT2D eigenvalue weighted by Gasteiger charge is 2.45. The minimum absolute atomic E-state index is 0.121. The minimum Gasteiger partial charge on any atom is -0.462 e. The number of rotatable bonds is 6. The number of ether oxygens (including phenoxy) is 1. The molecule has 0 bridgehead atoms. The maximum Gasteiger partial charge on any atom is 0.329 e. The van der Waals surface area contributed by atoms with E-state index in [1.807, 2.05) is 25.3 Å². The summed E-state index contributed by atoms with van der Waals surface area (Å²) >= 11 is 1.58. The largest absolute Gasteiger partial charge is 0.462 e. The summed E-state index contributed by atoms with van der Waals surface area (Å²) in [6, 6.07) is -0.539. The summed E-state index contributed by atoms with van der Waals surface area (Å²) in [6.07, 6.45) is 1.65. The SMILES string of the molecule is CONc1cnc(C)n1CCOC(=O)C1CSC(C)(C)N1C(C)=O. The molecule has 0 aromatic carbocycles. The Balaban J connectivity index is 1.94. The van der Waals surface area contributed by atoms with Crippen molar-refractivity contribution in [1.82, 2.24) is 14.5 Å². The summed E-state index contributed by atoms with van der Waals surface area (Å²) in [5, 5.41) is 0. The molecule has 134 valence electrons. The molecule has 1 aliphatic heterocycles. The van der Waals surface area contributed by atoms with E-state index in [1.54, 1.807) is 22.9 Å². The Labute approximate surface area is 145 Å². The van der Waals surface area contributed by atoms with Crippen LogP contribution in [0.2, 0.25) is 0 Å². The quantitative estimate of drug-likeness (QED) is 0.609. The summed E-state index contributed by atoms with van der Waals surface area (Å²) in [6.45, 7) is 7.85. The summed E-state index contributed by atoms with van der Waals surface area (Å²) in [4.78, 5) is 34.5. The van der Waals surface area contributed by atoms with Crippen LogP contribution < -0.4 is 5.48 Å². The fourth-order valence-electron chi connectivity index (χ4n) is 2.84. The highest BCUT2D eigenvalue weighted by Crippen LogP contribution is 2.39. The van der Waals surface area contributed by atoms with Gasteiger partial charge in [-0.05, 0) is 20.8 Å². The second kappa shape index (κ2) is 7.43. The predicted molar refractivity (Wildman–Crippen MR) is 91.4 cm³/mol. The average Bonchev–Trinajstić information content (AvgIpc) is 3.00. The number of esters is 1. The van der Waals surface area contributed by atoms with E-state index >= 15 is 0 Å². The standard InChI is InChI=1S/C15H24N4O4S/c1-10-16-8-13(17-22-5)18(10)6-7-23-14(21)12-9-24-15(3,4)19(12)11(2)20/h8,12,17H,6-7,9H2,1-5H3. The first-order valence-electron chi connectivity index (χ1n) is 7.69. The molecular weight excluding hydrogens is 332 g/mol. The van der Waals surface area contributed by atoms with Crippen LogP contribution in [0.1, 0.15) is 26.6 Å². The number of thioether (sulfide) groups is 1. The smallest absolute Gasteiger partial charge is 0.329 e. The van der Waals surface area contributed by atoms with Gasteiger partial charge in [-0.1, -0.05) is 0 Å². The van der Waals surface area contributed by atoms with Gasteiger partial charge in [0.25, 0.3) is 0 Å². The zero-order valence-corrected chi connectivity index (χ0v) is 15.5. The first-order chi connectivity index (χ1) is 11.3. The molecule has 0 aliphatic carbocycles. The number of aryl methyl sites for hydroxylation is 1. The topological polar surface area (TPSA) is 85.7 Å². The van der Waals surface area contributed by atoms with Crippen LogP contribution in [0.15, 0.2) is 6.20 Å². The van der Waals surface area contributed by atoms with Crippen molar-refractivity contribution in [3.05, 3.63) is 12.0 Å². The second-order valence-electron chi connectivity index (χ2n) is 5.98. The van der Waals surface area contributed by atoms with Gasteiger partial charge in [-0.2, -0.15) is 0 Å². The van der Waals surface area contributed by atoms with Crippen molar-refractivity contribution in [2.75, 3.05) is 24.9 Å². The number of hydrogen-bond acceptors (Lipinski definition) is 7. The maximum absolute atomic E-state index is 12.4. The lowest BCUT2D eigenvalue weighted by Crippen LogP contribution is -2.49. The molecule has 1 fully saturated rings. The van der Waals surface area contributed by atoms with E-state index in [2.05, 4.69) is 10.5 Å². The zero-order valence-electron chi connectivity index (χ0n) is 14.7. The third kappa shape index (κ3) is 3.84. The predicted octanol–water partition coefficient (Wildman–Crippen LogP) is 1.41. The molecule has 1 N–H and O–H groups in total. The number of anilines is 1. The lowest BCUT2D eigenvalue weighted by molar-refractivity contribution is -0.155. The zero-order chi connectivity index (χ0) is 17.9. The summed E-state index contributed by atoms with van der Waals surface area (Å²) in [5.41, 5.74) is 2.73. The van der Waals surface area contributed by atoms with Gasteiger partial charge in [0.1, 0.15) is 24.3 Å². The maximum atomic E-state index is 12.4. The third-order valence-electron chi connectivity index (χ3n) is 3.92. The van der Waals surface area contributed by atoms with E-state index in [-0.39, 0.29) is 18.5 Å². The molecule has 1 aliphatic rings. The third-order valence-corrected chi connectivity index (χ3v) is 5.30. The van der Waals surface area contributed by atoms with Gasteiger partial charge in [-0.25, -0.2) is 15.3 Å². The van der Waals surface area contributed by atoms with Crippen molar-refractivity contribution in [3.8, 4) is 0 Å². The Morgan fingerprint density at radius 2 is 2.21 bits per heavy atom. The highest BCUT2D eigenvalue weighted by atomic mass is 32.2. The summed E-state index contributed by atoms with van der Waals surface area (Å²) in [5.74, 6) is 1.53. The number of imidazole rings is 1. The monoisotopic (exact) mass is 356 g/mol. The van der Waals surface area contributed by atoms with Crippen LogP contribution >= 0.6 is 11.8 Å². The summed E-state index contributed by atoms with van der Waals surface area (Å²) < 4.78 is 7.25. The molecule has 2 rings (SSSR count). The number of carbonyl (C=O) groups excluding carboxylic acids is 2. The van der Waals surface area contributed by atoms with Gasteiger partial charge in [0.15, 0.2) is 0 Å². The fourth-order valence-corrected chi connectivity index (χ4v) is 4.09. The molecule has 9 heteroatoms. The second-order valence-corrected chi connectivity index (χ2v) is 7.60. The van der Waals surface area contributed by atoms with Crippen molar-refractivity contribution < 1.29 is 19.2 Å². The molecule has 0 spiro atoms. The van der Waals surface area contributed by atoms with E-state index in [9.17, 15) is 9.59 Å². The van der Waals surface area contributed by atoms with Crippen molar-refractivity contribution in [3.63, 3.8) is 0 Å². The fraction of sp³-hybridized carbons (Fsp3) is 0.667. The molecular formula is C15H24N4O4S. The average molecular weight is 356 g/mol. The molecule has 8 nitrogen and oxygen atoms in total. The van der Waals surface area contributed by atoms with Gasteiger partial charge in [0.05, 0.1) is 24.7 Å². The van der Waals surface area contributed by atoms with Gasteiger partial charge in [0, 0.05) is 12.7 Å². The number of aromatic nitrogens is 2. The summed E-state index contributed by atoms with van der Waals surface area (Å²) in [7, 11) is 1.52. The van der Waals surface area contributed by atoms with E-state index in [1.165, 1.54) is 14.0 Å². The van der Waals surface area contributed by atoms with E-state index in [4.69, 9.17) is 9.57 Å². The van der Waals surface area contributed by atoms with E-state index in [0.29, 0.717) is 18.1 Å². The van der Waals surface area contributed by atoms with E-state index < -0.39 is 10.9 Å². The molecule has 1 aromatic heterocycles. The van der Waals surface area contributed by atoms with Crippen LogP contribution in [0.5, 0.6) is 0 Å². The normalized spacial score (nSPS) is 19.4. The van der Waals surface area contributed by atoms with Gasteiger partial charge < -0.3 is 14.2 Å². The molecule has 1 aromatic rings. The van der Waals surface area contributed by atoms with E-state index in [0.717, 1.165) is 5.82 Å². The minimum atomic E-state index is -0.539. The van der Waals surface area contributed by atoms with Crippen LogP contribution in [-0.2, 0) is 25.7 Å². The molecule has 2 heterocycles. The number of nitrogens with one attached hydrogen (secondary N) is 1. The van der Waals surface area contributed by atoms with Crippen molar-refractivity contribution in [1.29, 1.82) is 0 Å². The molecule has 24 heavy (non-hydrogen) atoms. The Morgan fingerprint density at radius 3 is 2.83 bits per heavy atom. The lowest BCUT2D eigenvalue weighted by Gasteiger charge is -2.32.